The Morgan fingerprint density at radius 3 is 1.52 bits per heavy atom. The lowest BCUT2D eigenvalue weighted by molar-refractivity contribution is 0.666. The van der Waals surface area contributed by atoms with Gasteiger partial charge in [-0.2, -0.15) is 0 Å². The average Bonchev–Trinajstić information content (AvgIpc) is 4.14. The van der Waals surface area contributed by atoms with Crippen LogP contribution in [0.4, 0.5) is 0 Å². The molecule has 3 heterocycles. The first-order valence-electron chi connectivity index (χ1n) is 23.5. The molecule has 15 rings (SSSR count). The van der Waals surface area contributed by atoms with Gasteiger partial charge in [0.05, 0.1) is 22.1 Å². The predicted octanol–water partition coefficient (Wildman–Crippen LogP) is 15.9. The van der Waals surface area contributed by atoms with Gasteiger partial charge in [-0.05, 0) is 92.0 Å². The van der Waals surface area contributed by atoms with E-state index >= 15 is 0 Å². The summed E-state index contributed by atoms with van der Waals surface area (Å²) >= 11 is 0. The lowest BCUT2D eigenvalue weighted by atomic mass is 9.70. The summed E-state index contributed by atoms with van der Waals surface area (Å²) in [5.41, 5.74) is 19.7. The van der Waals surface area contributed by atoms with Crippen molar-refractivity contribution < 1.29 is 4.42 Å². The molecule has 0 N–H and O–H groups in total. The number of para-hydroxylation sites is 2. The molecule has 0 bridgehead atoms. The van der Waals surface area contributed by atoms with Crippen molar-refractivity contribution in [2.24, 2.45) is 0 Å². The number of fused-ring (bicyclic) bond motifs is 16. The molecule has 2 aliphatic rings. The molecule has 3 aromatic heterocycles. The van der Waals surface area contributed by atoms with Crippen LogP contribution in [0.3, 0.4) is 0 Å². The topological polar surface area (TPSA) is 56.7 Å². The number of hydrogen-bond donors (Lipinski definition) is 0. The van der Waals surface area contributed by atoms with E-state index in [4.69, 9.17) is 19.4 Å². The molecular weight excluding hydrogens is 841 g/mol. The number of furan rings is 1. The Bertz CT molecular complexity index is 4200. The third-order valence-electron chi connectivity index (χ3n) is 14.7. The minimum Gasteiger partial charge on any atom is -0.454 e. The second-order valence-electron chi connectivity index (χ2n) is 18.2. The highest BCUT2D eigenvalue weighted by molar-refractivity contribution is 6.17. The second-order valence-corrected chi connectivity index (χ2v) is 18.2. The maximum absolute atomic E-state index is 7.06. The minimum atomic E-state index is -0.448. The third-order valence-corrected chi connectivity index (χ3v) is 14.7. The van der Waals surface area contributed by atoms with Crippen molar-refractivity contribution in [3.8, 4) is 73.2 Å². The van der Waals surface area contributed by atoms with Crippen LogP contribution in [0.25, 0.3) is 117 Å². The van der Waals surface area contributed by atoms with Crippen LogP contribution < -0.4 is 0 Å². The summed E-state index contributed by atoms with van der Waals surface area (Å²) in [7, 11) is 0. The highest BCUT2D eigenvalue weighted by Gasteiger charge is 2.51. The fourth-order valence-corrected chi connectivity index (χ4v) is 11.8. The maximum Gasteiger partial charge on any atom is 0.164 e. The third kappa shape index (κ3) is 5.32. The Hall–Kier alpha value is -9.19. The Morgan fingerprint density at radius 1 is 0.333 bits per heavy atom. The van der Waals surface area contributed by atoms with E-state index < -0.39 is 5.41 Å². The standard InChI is InChI=1S/C64H38N4O/c1-3-17-39(18-4-1)40-31-33-42(34-32-40)62-65-61(41-19-5-2-6-20-41)66-63(67-62)48-35-36-56(60-59(48)47-25-11-16-30-58(47)69-60)68-55-29-15-10-24-46(55)50-37-54-49(38-57(50)68)45-23-9-14-28-53(45)64(54)51-26-12-7-21-43(51)44-22-8-13-27-52(44)64/h1-38H. The van der Waals surface area contributed by atoms with Crippen molar-refractivity contribution in [2.75, 3.05) is 0 Å². The smallest absolute Gasteiger partial charge is 0.164 e. The van der Waals surface area contributed by atoms with E-state index in [9.17, 15) is 0 Å². The molecule has 0 amide bonds. The van der Waals surface area contributed by atoms with Crippen LogP contribution in [0.1, 0.15) is 22.3 Å². The van der Waals surface area contributed by atoms with Crippen LogP contribution in [0, 0.1) is 0 Å². The molecule has 5 heteroatoms. The van der Waals surface area contributed by atoms with Crippen molar-refractivity contribution in [1.82, 2.24) is 19.5 Å². The molecule has 0 fully saturated rings. The second kappa shape index (κ2) is 14.4. The van der Waals surface area contributed by atoms with Crippen LogP contribution in [0.5, 0.6) is 0 Å². The summed E-state index contributed by atoms with van der Waals surface area (Å²) in [5, 5.41) is 4.33. The summed E-state index contributed by atoms with van der Waals surface area (Å²) in [5.74, 6) is 1.79. The molecule has 2 aliphatic carbocycles. The van der Waals surface area contributed by atoms with Gasteiger partial charge in [0.25, 0.3) is 0 Å². The molecule has 0 aliphatic heterocycles. The highest BCUT2D eigenvalue weighted by Crippen LogP contribution is 2.63. The average molecular weight is 879 g/mol. The molecule has 5 nitrogen and oxygen atoms in total. The van der Waals surface area contributed by atoms with Crippen LogP contribution in [-0.4, -0.2) is 19.5 Å². The zero-order valence-corrected chi connectivity index (χ0v) is 37.1. The summed E-state index contributed by atoms with van der Waals surface area (Å²) in [6.07, 6.45) is 0. The monoisotopic (exact) mass is 878 g/mol. The van der Waals surface area contributed by atoms with Crippen LogP contribution in [0.15, 0.2) is 235 Å². The molecule has 0 atom stereocenters. The van der Waals surface area contributed by atoms with E-state index in [1.807, 2.05) is 30.3 Å². The largest absolute Gasteiger partial charge is 0.454 e. The molecule has 320 valence electrons. The zero-order chi connectivity index (χ0) is 45.2. The molecule has 0 radical (unpaired) electrons. The van der Waals surface area contributed by atoms with Crippen molar-refractivity contribution in [1.29, 1.82) is 0 Å². The number of hydrogen-bond acceptors (Lipinski definition) is 4. The van der Waals surface area contributed by atoms with E-state index in [2.05, 4.69) is 205 Å². The Labute approximate surface area is 397 Å². The van der Waals surface area contributed by atoms with Gasteiger partial charge in [0.2, 0.25) is 0 Å². The molecule has 1 spiro atoms. The van der Waals surface area contributed by atoms with Gasteiger partial charge in [0, 0.05) is 38.2 Å². The van der Waals surface area contributed by atoms with E-state index in [1.54, 1.807) is 0 Å². The van der Waals surface area contributed by atoms with Gasteiger partial charge in [0.1, 0.15) is 5.58 Å². The molecule has 0 saturated carbocycles. The number of aromatic nitrogens is 4. The fourth-order valence-electron chi connectivity index (χ4n) is 11.8. The Balaban J connectivity index is 0.977. The summed E-state index contributed by atoms with van der Waals surface area (Å²) < 4.78 is 9.47. The Morgan fingerprint density at radius 2 is 0.841 bits per heavy atom. The molecule has 13 aromatic rings. The van der Waals surface area contributed by atoms with Crippen molar-refractivity contribution in [3.05, 3.63) is 253 Å². The molecule has 0 saturated heterocycles. The van der Waals surface area contributed by atoms with Crippen LogP contribution in [0.2, 0.25) is 0 Å². The first-order chi connectivity index (χ1) is 34.2. The highest BCUT2D eigenvalue weighted by atomic mass is 16.3. The first kappa shape index (κ1) is 38.0. The number of benzene rings is 10. The fraction of sp³-hybridized carbons (Fsp3) is 0.0156. The predicted molar refractivity (Wildman–Crippen MR) is 279 cm³/mol. The van der Waals surface area contributed by atoms with E-state index in [0.717, 1.165) is 66.5 Å². The van der Waals surface area contributed by atoms with Gasteiger partial charge in [-0.3, -0.25) is 0 Å². The van der Waals surface area contributed by atoms with Crippen molar-refractivity contribution in [3.63, 3.8) is 0 Å². The van der Waals surface area contributed by atoms with E-state index in [-0.39, 0.29) is 0 Å². The summed E-state index contributed by atoms with van der Waals surface area (Å²) in [6.45, 7) is 0. The molecular formula is C64H38N4O. The molecule has 69 heavy (non-hydrogen) atoms. The van der Waals surface area contributed by atoms with Gasteiger partial charge in [-0.25, -0.2) is 15.0 Å². The SMILES string of the molecule is c1ccc(-c2ccc(-c3nc(-c4ccccc4)nc(-c4ccc(-n5c6ccccc6c6cc7c(cc65)-c5ccccc5C75c6ccccc6-c6ccccc65)c5oc6ccccc6c45)n3)cc2)cc1. The zero-order valence-electron chi connectivity index (χ0n) is 37.1. The van der Waals surface area contributed by atoms with E-state index in [0.29, 0.717) is 17.5 Å². The normalized spacial score (nSPS) is 13.0. The number of rotatable bonds is 5. The lowest BCUT2D eigenvalue weighted by Gasteiger charge is -2.30. The minimum absolute atomic E-state index is 0.448. The maximum atomic E-state index is 7.06. The van der Waals surface area contributed by atoms with Crippen molar-refractivity contribution >= 4 is 43.7 Å². The van der Waals surface area contributed by atoms with Crippen molar-refractivity contribution in [2.45, 2.75) is 5.41 Å². The number of nitrogens with zero attached hydrogens (tertiary/aromatic N) is 4. The summed E-state index contributed by atoms with van der Waals surface area (Å²) in [4.78, 5) is 15.6. The van der Waals surface area contributed by atoms with Gasteiger partial charge in [0.15, 0.2) is 23.1 Å². The van der Waals surface area contributed by atoms with Crippen LogP contribution in [-0.2, 0) is 5.41 Å². The quantitative estimate of drug-likeness (QED) is 0.173. The van der Waals surface area contributed by atoms with Crippen LogP contribution >= 0.6 is 0 Å². The van der Waals surface area contributed by atoms with Gasteiger partial charge < -0.3 is 8.98 Å². The first-order valence-corrected chi connectivity index (χ1v) is 23.5. The Kier molecular flexibility index (Phi) is 7.93. The van der Waals surface area contributed by atoms with Gasteiger partial charge >= 0.3 is 0 Å². The molecule has 10 aromatic carbocycles. The summed E-state index contributed by atoms with van der Waals surface area (Å²) in [6, 6.07) is 82.5. The van der Waals surface area contributed by atoms with Gasteiger partial charge in [-0.1, -0.05) is 194 Å². The lowest BCUT2D eigenvalue weighted by Crippen LogP contribution is -2.25. The van der Waals surface area contributed by atoms with Gasteiger partial charge in [-0.15, -0.1) is 0 Å². The molecule has 0 unspecified atom stereocenters. The van der Waals surface area contributed by atoms with E-state index in [1.165, 1.54) is 55.3 Å².